The van der Waals surface area contributed by atoms with Crippen LogP contribution in [0.1, 0.15) is 53.9 Å². The van der Waals surface area contributed by atoms with Crippen molar-refractivity contribution in [2.45, 2.75) is 59.9 Å². The SMILES string of the molecule is CCCNCC(C)(CC)CN1CC(C)CC1C. The molecule has 1 rings (SSSR count). The zero-order valence-electron chi connectivity index (χ0n) is 12.6. The van der Waals surface area contributed by atoms with E-state index in [9.17, 15) is 0 Å². The van der Waals surface area contributed by atoms with Crippen molar-refractivity contribution in [1.29, 1.82) is 0 Å². The highest BCUT2D eigenvalue weighted by atomic mass is 15.2. The summed E-state index contributed by atoms with van der Waals surface area (Å²) in [5.74, 6) is 0.884. The molecule has 0 aliphatic carbocycles. The third kappa shape index (κ3) is 4.59. The molecule has 1 heterocycles. The molecule has 0 spiro atoms. The summed E-state index contributed by atoms with van der Waals surface area (Å²) in [5, 5.41) is 3.60. The fourth-order valence-corrected chi connectivity index (χ4v) is 2.96. The smallest absolute Gasteiger partial charge is 0.00702 e. The first-order valence-corrected chi connectivity index (χ1v) is 7.45. The Morgan fingerprint density at radius 3 is 2.47 bits per heavy atom. The lowest BCUT2D eigenvalue weighted by Crippen LogP contribution is -2.43. The third-order valence-corrected chi connectivity index (χ3v) is 4.33. The Morgan fingerprint density at radius 2 is 2.00 bits per heavy atom. The molecule has 0 aromatic carbocycles. The van der Waals surface area contributed by atoms with Gasteiger partial charge >= 0.3 is 0 Å². The van der Waals surface area contributed by atoms with Gasteiger partial charge < -0.3 is 5.32 Å². The molecule has 1 N–H and O–H groups in total. The topological polar surface area (TPSA) is 15.3 Å². The molecule has 1 fully saturated rings. The summed E-state index contributed by atoms with van der Waals surface area (Å²) in [6, 6.07) is 0.780. The van der Waals surface area contributed by atoms with Gasteiger partial charge in [-0.2, -0.15) is 0 Å². The van der Waals surface area contributed by atoms with Crippen molar-refractivity contribution in [2.24, 2.45) is 11.3 Å². The van der Waals surface area contributed by atoms with Crippen molar-refractivity contribution in [2.75, 3.05) is 26.2 Å². The molecule has 0 radical (unpaired) electrons. The lowest BCUT2D eigenvalue weighted by molar-refractivity contribution is 0.148. The van der Waals surface area contributed by atoms with E-state index in [4.69, 9.17) is 0 Å². The normalized spacial score (nSPS) is 29.5. The summed E-state index contributed by atoms with van der Waals surface area (Å²) in [7, 11) is 0. The van der Waals surface area contributed by atoms with Crippen molar-refractivity contribution >= 4 is 0 Å². The van der Waals surface area contributed by atoms with E-state index in [0.29, 0.717) is 5.41 Å². The Bertz CT molecular complexity index is 217. The van der Waals surface area contributed by atoms with Crippen LogP contribution in [0.3, 0.4) is 0 Å². The van der Waals surface area contributed by atoms with E-state index >= 15 is 0 Å². The first-order valence-electron chi connectivity index (χ1n) is 7.45. The highest BCUT2D eigenvalue weighted by Gasteiger charge is 2.32. The molecule has 2 nitrogen and oxygen atoms in total. The van der Waals surface area contributed by atoms with Gasteiger partial charge in [0.1, 0.15) is 0 Å². The van der Waals surface area contributed by atoms with Gasteiger partial charge in [0, 0.05) is 25.7 Å². The van der Waals surface area contributed by atoms with Gasteiger partial charge in [-0.25, -0.2) is 0 Å². The van der Waals surface area contributed by atoms with Gasteiger partial charge in [-0.1, -0.05) is 27.7 Å². The molecule has 102 valence electrons. The fourth-order valence-electron chi connectivity index (χ4n) is 2.96. The molecule has 0 saturated carbocycles. The number of rotatable bonds is 7. The van der Waals surface area contributed by atoms with E-state index in [0.717, 1.165) is 25.0 Å². The van der Waals surface area contributed by atoms with E-state index in [1.165, 1.54) is 32.4 Å². The van der Waals surface area contributed by atoms with Crippen molar-refractivity contribution in [3.8, 4) is 0 Å². The second-order valence-electron chi connectivity index (χ2n) is 6.46. The van der Waals surface area contributed by atoms with Crippen molar-refractivity contribution < 1.29 is 0 Å². The molecule has 0 amide bonds. The Labute approximate surface area is 108 Å². The molecule has 3 atom stereocenters. The molecule has 0 aromatic rings. The van der Waals surface area contributed by atoms with Gasteiger partial charge in [-0.15, -0.1) is 0 Å². The highest BCUT2D eigenvalue weighted by molar-refractivity contribution is 4.86. The first-order chi connectivity index (χ1) is 8.00. The van der Waals surface area contributed by atoms with Crippen LogP contribution in [0.4, 0.5) is 0 Å². The second-order valence-corrected chi connectivity index (χ2v) is 6.46. The standard InChI is InChI=1S/C15H32N2/c1-6-8-16-11-15(5,7-2)12-17-10-13(3)9-14(17)4/h13-14,16H,6-12H2,1-5H3. The van der Waals surface area contributed by atoms with Gasteiger partial charge in [0.2, 0.25) is 0 Å². The van der Waals surface area contributed by atoms with Crippen LogP contribution in [0, 0.1) is 11.3 Å². The van der Waals surface area contributed by atoms with E-state index in [-0.39, 0.29) is 0 Å². The fraction of sp³-hybridized carbons (Fsp3) is 1.00. The van der Waals surface area contributed by atoms with Crippen LogP contribution in [0.5, 0.6) is 0 Å². The maximum Gasteiger partial charge on any atom is 0.00702 e. The molecule has 0 bridgehead atoms. The van der Waals surface area contributed by atoms with Crippen LogP contribution < -0.4 is 5.32 Å². The Morgan fingerprint density at radius 1 is 1.29 bits per heavy atom. The Balaban J connectivity index is 2.44. The zero-order chi connectivity index (χ0) is 12.9. The predicted molar refractivity (Wildman–Crippen MR) is 76.4 cm³/mol. The van der Waals surface area contributed by atoms with Crippen LogP contribution >= 0.6 is 0 Å². The summed E-state index contributed by atoms with van der Waals surface area (Å²) in [5.41, 5.74) is 0.438. The van der Waals surface area contributed by atoms with Crippen LogP contribution in [0.2, 0.25) is 0 Å². The molecule has 1 aliphatic heterocycles. The largest absolute Gasteiger partial charge is 0.316 e. The Hall–Kier alpha value is -0.0800. The van der Waals surface area contributed by atoms with Crippen molar-refractivity contribution in [3.63, 3.8) is 0 Å². The van der Waals surface area contributed by atoms with Crippen LogP contribution in [-0.4, -0.2) is 37.1 Å². The third-order valence-electron chi connectivity index (χ3n) is 4.33. The summed E-state index contributed by atoms with van der Waals surface area (Å²) in [4.78, 5) is 2.70. The lowest BCUT2D eigenvalue weighted by atomic mass is 9.86. The van der Waals surface area contributed by atoms with E-state index in [2.05, 4.69) is 44.8 Å². The molecular formula is C15H32N2. The van der Waals surface area contributed by atoms with Gasteiger partial charge in [-0.05, 0) is 44.1 Å². The van der Waals surface area contributed by atoms with E-state index in [1.54, 1.807) is 0 Å². The van der Waals surface area contributed by atoms with Crippen molar-refractivity contribution in [1.82, 2.24) is 10.2 Å². The average Bonchev–Trinajstić information content (AvgIpc) is 2.58. The maximum atomic E-state index is 3.60. The zero-order valence-corrected chi connectivity index (χ0v) is 12.6. The summed E-state index contributed by atoms with van der Waals surface area (Å²) < 4.78 is 0. The van der Waals surface area contributed by atoms with Crippen LogP contribution in [0.25, 0.3) is 0 Å². The van der Waals surface area contributed by atoms with Gasteiger partial charge in [0.05, 0.1) is 0 Å². The average molecular weight is 240 g/mol. The first kappa shape index (κ1) is 15.0. The van der Waals surface area contributed by atoms with Crippen molar-refractivity contribution in [3.05, 3.63) is 0 Å². The quantitative estimate of drug-likeness (QED) is 0.688. The minimum absolute atomic E-state index is 0.438. The summed E-state index contributed by atoms with van der Waals surface area (Å²) in [6.07, 6.45) is 3.88. The molecule has 1 aliphatic rings. The number of nitrogens with zero attached hydrogens (tertiary/aromatic N) is 1. The molecule has 0 aromatic heterocycles. The molecule has 17 heavy (non-hydrogen) atoms. The van der Waals surface area contributed by atoms with E-state index in [1.807, 2.05) is 0 Å². The van der Waals surface area contributed by atoms with Crippen LogP contribution in [0.15, 0.2) is 0 Å². The Kier molecular flexibility index (Phi) is 5.94. The number of nitrogens with one attached hydrogen (secondary N) is 1. The minimum Gasteiger partial charge on any atom is -0.316 e. The predicted octanol–water partition coefficient (Wildman–Crippen LogP) is 3.13. The monoisotopic (exact) mass is 240 g/mol. The highest BCUT2D eigenvalue weighted by Crippen LogP contribution is 2.29. The lowest BCUT2D eigenvalue weighted by Gasteiger charge is -2.35. The summed E-state index contributed by atoms with van der Waals surface area (Å²) >= 11 is 0. The second kappa shape index (κ2) is 6.75. The molecule has 1 saturated heterocycles. The minimum atomic E-state index is 0.438. The van der Waals surface area contributed by atoms with Gasteiger partial charge in [-0.3, -0.25) is 4.90 Å². The van der Waals surface area contributed by atoms with Gasteiger partial charge in [0.25, 0.3) is 0 Å². The summed E-state index contributed by atoms with van der Waals surface area (Å²) in [6.45, 7) is 16.6. The molecular weight excluding hydrogens is 208 g/mol. The van der Waals surface area contributed by atoms with E-state index < -0.39 is 0 Å². The molecule has 2 heteroatoms. The number of hydrogen-bond donors (Lipinski definition) is 1. The number of hydrogen-bond acceptors (Lipinski definition) is 2. The number of likely N-dealkylation sites (tertiary alicyclic amines) is 1. The molecule has 3 unspecified atom stereocenters. The van der Waals surface area contributed by atoms with Crippen LogP contribution in [-0.2, 0) is 0 Å². The van der Waals surface area contributed by atoms with Gasteiger partial charge in [0.15, 0.2) is 0 Å². The maximum absolute atomic E-state index is 3.60.